The Balaban J connectivity index is 2.96. The van der Waals surface area contributed by atoms with Crippen LogP contribution in [0, 0.1) is 5.92 Å². The van der Waals surface area contributed by atoms with E-state index in [4.69, 9.17) is 9.84 Å². The van der Waals surface area contributed by atoms with Gasteiger partial charge in [0, 0.05) is 25.8 Å². The summed E-state index contributed by atoms with van der Waals surface area (Å²) in [6.07, 6.45) is 25.5. The molecule has 1 heterocycles. The van der Waals surface area contributed by atoms with Gasteiger partial charge in [-0.05, 0) is 38.0 Å². The van der Waals surface area contributed by atoms with Crippen molar-refractivity contribution in [2.45, 2.75) is 263 Å². The number of unbranched alkanes of at least 4 members (excludes halogenated alkanes) is 24. The number of carbonyl (C=O) groups is 4. The van der Waals surface area contributed by atoms with Crippen molar-refractivity contribution >= 4 is 23.7 Å². The second kappa shape index (κ2) is 36.2. The lowest BCUT2D eigenvalue weighted by Crippen LogP contribution is -2.70. The summed E-state index contributed by atoms with van der Waals surface area (Å²) in [7, 11) is 0. The number of aliphatic carboxylic acids is 1. The van der Waals surface area contributed by atoms with Gasteiger partial charge in [-0.25, -0.2) is 0 Å². The maximum Gasteiger partial charge on any atom is 0.303 e. The number of aliphatic hydroxyl groups excluding tert-OH is 3. The minimum Gasteiger partial charge on any atom is -0.481 e. The SMILES string of the molecule is CCCCCCCCCCCCCCCCCC(=O)N(CCCCCCCCCCCC)[C@@H]1O[C@H](CO)[C@@H](O)[C@H](O)[C@H]1NC(=O)[C@H](CC(C)C)NC(=O)CCCCC(=O)O. The molecule has 0 spiro atoms. The first kappa shape index (κ1) is 55.7. The maximum atomic E-state index is 14.1. The van der Waals surface area contributed by atoms with E-state index in [2.05, 4.69) is 24.5 Å². The number of carbonyl (C=O) groups excluding carboxylic acids is 3. The van der Waals surface area contributed by atoms with Crippen molar-refractivity contribution in [1.29, 1.82) is 0 Å². The van der Waals surface area contributed by atoms with Gasteiger partial charge in [-0.3, -0.25) is 19.2 Å². The van der Waals surface area contributed by atoms with Gasteiger partial charge >= 0.3 is 5.97 Å². The van der Waals surface area contributed by atoms with E-state index in [9.17, 15) is 34.5 Å². The molecule has 1 saturated heterocycles. The van der Waals surface area contributed by atoms with Crippen molar-refractivity contribution in [1.82, 2.24) is 15.5 Å². The molecule has 3 amide bonds. The highest BCUT2D eigenvalue weighted by molar-refractivity contribution is 5.88. The lowest BCUT2D eigenvalue weighted by atomic mass is 9.93. The number of carboxylic acids is 1. The van der Waals surface area contributed by atoms with Crippen LogP contribution in [-0.4, -0.2) is 98.8 Å². The van der Waals surface area contributed by atoms with E-state index in [0.717, 1.165) is 38.5 Å². The summed E-state index contributed by atoms with van der Waals surface area (Å²) in [5.41, 5.74) is 0. The zero-order valence-corrected chi connectivity index (χ0v) is 38.7. The summed E-state index contributed by atoms with van der Waals surface area (Å²) in [6.45, 7) is 8.07. The van der Waals surface area contributed by atoms with Gasteiger partial charge in [-0.1, -0.05) is 175 Å². The number of aliphatic hydroxyl groups is 3. The summed E-state index contributed by atoms with van der Waals surface area (Å²) >= 11 is 0. The molecule has 12 nitrogen and oxygen atoms in total. The lowest BCUT2D eigenvalue weighted by Gasteiger charge is -2.47. The highest BCUT2D eigenvalue weighted by Crippen LogP contribution is 2.26. The average Bonchev–Trinajstić information content (AvgIpc) is 3.21. The molecule has 6 N–H and O–H groups in total. The van der Waals surface area contributed by atoms with Gasteiger partial charge < -0.3 is 40.7 Å². The van der Waals surface area contributed by atoms with Gasteiger partial charge in [0.2, 0.25) is 17.7 Å². The fourth-order valence-electron chi connectivity index (χ4n) is 8.27. The third-order valence-corrected chi connectivity index (χ3v) is 12.0. The molecular weight excluding hydrogens is 763 g/mol. The number of nitrogens with zero attached hydrogens (tertiary/aromatic N) is 1. The number of ether oxygens (including phenoxy) is 1. The molecule has 1 rings (SSSR count). The summed E-state index contributed by atoms with van der Waals surface area (Å²) < 4.78 is 6.21. The van der Waals surface area contributed by atoms with Crippen LogP contribution in [0.3, 0.4) is 0 Å². The normalized spacial score (nSPS) is 19.6. The molecule has 0 aromatic rings. The Labute approximate surface area is 365 Å². The van der Waals surface area contributed by atoms with Crippen molar-refractivity contribution in [2.75, 3.05) is 13.2 Å². The number of hydrogen-bond donors (Lipinski definition) is 6. The zero-order chi connectivity index (χ0) is 44.4. The van der Waals surface area contributed by atoms with E-state index in [1.807, 2.05) is 13.8 Å². The molecule has 0 aromatic carbocycles. The second-order valence-electron chi connectivity index (χ2n) is 18.1. The standard InChI is InChI=1S/C48H91N3O9/c1-5-7-9-11-13-15-17-18-19-20-21-22-24-26-28-33-42(54)51(35-31-27-25-23-16-14-12-10-8-6-2)48-44(46(58)45(57)40(37-52)60-48)50-47(59)39(36-38(3)4)49-41(53)32-29-30-34-43(55)56/h38-40,44-46,48,52,57-58H,5-37H2,1-4H3,(H,49,53)(H,50,59)(H,55,56)/t39-,40+,44+,45+,46+,48+/m0/s1. The molecule has 0 saturated carbocycles. The third kappa shape index (κ3) is 26.3. The third-order valence-electron chi connectivity index (χ3n) is 12.0. The number of nitrogens with one attached hydrogen (secondary N) is 2. The molecule has 0 unspecified atom stereocenters. The predicted molar refractivity (Wildman–Crippen MR) is 240 cm³/mol. The van der Waals surface area contributed by atoms with E-state index < -0.39 is 55.1 Å². The Hall–Kier alpha value is -2.28. The van der Waals surface area contributed by atoms with Gasteiger partial charge in [0.05, 0.1) is 6.61 Å². The Morgan fingerprint density at radius 2 is 1.03 bits per heavy atom. The van der Waals surface area contributed by atoms with E-state index in [-0.39, 0.29) is 37.0 Å². The van der Waals surface area contributed by atoms with Gasteiger partial charge in [0.1, 0.15) is 30.4 Å². The minimum absolute atomic E-state index is 0.0186. The number of hydrogen-bond acceptors (Lipinski definition) is 8. The van der Waals surface area contributed by atoms with Crippen molar-refractivity contribution in [2.24, 2.45) is 5.92 Å². The molecule has 0 radical (unpaired) electrons. The van der Waals surface area contributed by atoms with E-state index in [1.54, 1.807) is 4.90 Å². The van der Waals surface area contributed by atoms with Crippen LogP contribution in [-0.2, 0) is 23.9 Å². The van der Waals surface area contributed by atoms with Gasteiger partial charge in [-0.15, -0.1) is 0 Å². The van der Waals surface area contributed by atoms with Crippen molar-refractivity contribution in [3.8, 4) is 0 Å². The number of rotatable bonds is 39. The van der Waals surface area contributed by atoms with Crippen molar-refractivity contribution in [3.63, 3.8) is 0 Å². The van der Waals surface area contributed by atoms with Crippen LogP contribution in [0.15, 0.2) is 0 Å². The first-order valence-corrected chi connectivity index (χ1v) is 24.7. The van der Waals surface area contributed by atoms with Gasteiger partial charge in [-0.2, -0.15) is 0 Å². The van der Waals surface area contributed by atoms with Crippen LogP contribution in [0.25, 0.3) is 0 Å². The van der Waals surface area contributed by atoms with Crippen LogP contribution >= 0.6 is 0 Å². The van der Waals surface area contributed by atoms with Gasteiger partial charge in [0.25, 0.3) is 0 Å². The Bertz CT molecular complexity index is 1110. The summed E-state index contributed by atoms with van der Waals surface area (Å²) in [6, 6.07) is -2.19. The molecular formula is C48H91N3O9. The Morgan fingerprint density at radius 3 is 1.48 bits per heavy atom. The minimum atomic E-state index is -1.55. The van der Waals surface area contributed by atoms with Crippen LogP contribution in [0.5, 0.6) is 0 Å². The van der Waals surface area contributed by atoms with E-state index in [0.29, 0.717) is 38.6 Å². The monoisotopic (exact) mass is 854 g/mol. The van der Waals surface area contributed by atoms with Gasteiger partial charge in [0.15, 0.2) is 6.23 Å². The van der Waals surface area contributed by atoms with E-state index in [1.165, 1.54) is 109 Å². The number of amides is 3. The fraction of sp³-hybridized carbons (Fsp3) is 0.917. The average molecular weight is 854 g/mol. The Morgan fingerprint density at radius 1 is 0.600 bits per heavy atom. The molecule has 352 valence electrons. The molecule has 0 bridgehead atoms. The fourth-order valence-corrected chi connectivity index (χ4v) is 8.27. The first-order valence-electron chi connectivity index (χ1n) is 24.7. The molecule has 6 atom stereocenters. The zero-order valence-electron chi connectivity index (χ0n) is 38.7. The smallest absolute Gasteiger partial charge is 0.303 e. The molecule has 12 heteroatoms. The highest BCUT2D eigenvalue weighted by atomic mass is 16.5. The topological polar surface area (TPSA) is 186 Å². The second-order valence-corrected chi connectivity index (χ2v) is 18.1. The quantitative estimate of drug-likeness (QED) is 0.0328. The molecule has 0 aromatic heterocycles. The molecule has 1 aliphatic rings. The summed E-state index contributed by atoms with van der Waals surface area (Å²) in [5, 5.41) is 47.1. The molecule has 1 fully saturated rings. The highest BCUT2D eigenvalue weighted by Gasteiger charge is 2.48. The number of carboxylic acid groups (broad SMARTS) is 1. The lowest BCUT2D eigenvalue weighted by molar-refractivity contribution is -0.231. The maximum absolute atomic E-state index is 14.1. The summed E-state index contributed by atoms with van der Waals surface area (Å²) in [4.78, 5) is 53.4. The van der Waals surface area contributed by atoms with Crippen molar-refractivity contribution in [3.05, 3.63) is 0 Å². The van der Waals surface area contributed by atoms with Crippen LogP contribution in [0.1, 0.15) is 227 Å². The Kier molecular flexibility index (Phi) is 33.7. The summed E-state index contributed by atoms with van der Waals surface area (Å²) in [5.74, 6) is -2.04. The van der Waals surface area contributed by atoms with E-state index >= 15 is 0 Å². The van der Waals surface area contributed by atoms with Crippen LogP contribution < -0.4 is 10.6 Å². The van der Waals surface area contributed by atoms with Crippen LogP contribution in [0.2, 0.25) is 0 Å². The molecule has 60 heavy (non-hydrogen) atoms. The van der Waals surface area contributed by atoms with Crippen molar-refractivity contribution < 1.29 is 44.3 Å². The largest absolute Gasteiger partial charge is 0.481 e. The molecule has 1 aliphatic heterocycles. The first-order chi connectivity index (χ1) is 29.0. The molecule has 0 aliphatic carbocycles. The predicted octanol–water partition coefficient (Wildman–Crippen LogP) is 9.10. The van der Waals surface area contributed by atoms with Crippen LogP contribution in [0.4, 0.5) is 0 Å².